The molecule has 186 valence electrons. The third-order valence-electron chi connectivity index (χ3n) is 5.95. The molecule has 1 unspecified atom stereocenters. The molecule has 8 heteroatoms. The van der Waals surface area contributed by atoms with Crippen molar-refractivity contribution < 1.29 is 28.9 Å². The van der Waals surface area contributed by atoms with Crippen LogP contribution in [-0.4, -0.2) is 49.1 Å². The Hall–Kier alpha value is -3.81. The summed E-state index contributed by atoms with van der Waals surface area (Å²) in [5.74, 6) is -0.727. The van der Waals surface area contributed by atoms with E-state index in [-0.39, 0.29) is 29.5 Å². The molecule has 3 aromatic carbocycles. The molecule has 1 fully saturated rings. The molecular formula is C28H26ClNO6. The number of halogens is 1. The number of hydrogen-bond donors (Lipinski definition) is 1. The number of rotatable bonds is 9. The normalized spacial score (nSPS) is 16.9. The monoisotopic (exact) mass is 507 g/mol. The van der Waals surface area contributed by atoms with Gasteiger partial charge < -0.3 is 24.2 Å². The summed E-state index contributed by atoms with van der Waals surface area (Å²) in [5.41, 5.74) is 1.97. The van der Waals surface area contributed by atoms with Crippen LogP contribution in [0.1, 0.15) is 22.7 Å². The van der Waals surface area contributed by atoms with Crippen LogP contribution < -0.4 is 9.47 Å². The first-order valence-corrected chi connectivity index (χ1v) is 11.7. The van der Waals surface area contributed by atoms with E-state index < -0.39 is 17.7 Å². The minimum atomic E-state index is -0.802. The van der Waals surface area contributed by atoms with Crippen LogP contribution in [0.4, 0.5) is 0 Å². The third kappa shape index (κ3) is 5.22. The summed E-state index contributed by atoms with van der Waals surface area (Å²) in [6.45, 7) is 0.819. The first-order chi connectivity index (χ1) is 17.4. The van der Waals surface area contributed by atoms with Crippen molar-refractivity contribution in [2.75, 3.05) is 27.4 Å². The maximum absolute atomic E-state index is 13.1. The fourth-order valence-electron chi connectivity index (χ4n) is 4.10. The first kappa shape index (κ1) is 25.3. The lowest BCUT2D eigenvalue weighted by molar-refractivity contribution is -0.140. The van der Waals surface area contributed by atoms with Crippen LogP contribution in [0.2, 0.25) is 5.02 Å². The van der Waals surface area contributed by atoms with Crippen LogP contribution in [0.25, 0.3) is 5.76 Å². The van der Waals surface area contributed by atoms with Crippen molar-refractivity contribution in [3.63, 3.8) is 0 Å². The van der Waals surface area contributed by atoms with E-state index in [1.54, 1.807) is 36.4 Å². The van der Waals surface area contributed by atoms with E-state index in [1.807, 2.05) is 30.3 Å². The number of carbonyl (C=O) groups excluding carboxylic acids is 2. The van der Waals surface area contributed by atoms with Gasteiger partial charge in [-0.2, -0.15) is 0 Å². The van der Waals surface area contributed by atoms with E-state index in [9.17, 15) is 14.7 Å². The van der Waals surface area contributed by atoms with Gasteiger partial charge in [0, 0.05) is 19.2 Å². The molecule has 0 aliphatic carbocycles. The van der Waals surface area contributed by atoms with Crippen molar-refractivity contribution >= 4 is 29.1 Å². The molecule has 1 amide bonds. The van der Waals surface area contributed by atoms with Crippen LogP contribution in [0.5, 0.6) is 11.5 Å². The topological polar surface area (TPSA) is 85.3 Å². The number of carbonyl (C=O) groups is 2. The number of aliphatic hydroxyl groups excluding tert-OH is 1. The van der Waals surface area contributed by atoms with E-state index in [2.05, 4.69) is 0 Å². The summed E-state index contributed by atoms with van der Waals surface area (Å²) in [6, 6.07) is 20.8. The lowest BCUT2D eigenvalue weighted by Crippen LogP contribution is -2.32. The highest BCUT2D eigenvalue weighted by molar-refractivity contribution is 6.46. The Morgan fingerprint density at radius 2 is 1.72 bits per heavy atom. The number of benzene rings is 3. The summed E-state index contributed by atoms with van der Waals surface area (Å²) >= 11 is 6.24. The second-order valence-electron chi connectivity index (χ2n) is 8.18. The summed E-state index contributed by atoms with van der Waals surface area (Å²) in [5, 5.41) is 11.4. The van der Waals surface area contributed by atoms with Crippen molar-refractivity contribution in [2.45, 2.75) is 12.6 Å². The number of ether oxygens (including phenoxy) is 3. The van der Waals surface area contributed by atoms with Crippen molar-refractivity contribution in [1.29, 1.82) is 0 Å². The predicted octanol–water partition coefficient (Wildman–Crippen LogP) is 5.00. The van der Waals surface area contributed by atoms with E-state index in [0.29, 0.717) is 29.2 Å². The van der Waals surface area contributed by atoms with Crippen LogP contribution >= 0.6 is 11.6 Å². The molecule has 0 saturated carbocycles. The second kappa shape index (κ2) is 11.3. The number of ketones is 1. The van der Waals surface area contributed by atoms with Gasteiger partial charge in [0.05, 0.1) is 30.4 Å². The molecule has 1 saturated heterocycles. The molecule has 0 radical (unpaired) electrons. The summed E-state index contributed by atoms with van der Waals surface area (Å²) in [4.78, 5) is 27.4. The zero-order chi connectivity index (χ0) is 25.7. The number of likely N-dealkylation sites (tertiary alicyclic amines) is 1. The van der Waals surface area contributed by atoms with E-state index in [0.717, 1.165) is 5.56 Å². The fourth-order valence-corrected chi connectivity index (χ4v) is 4.36. The Kier molecular flexibility index (Phi) is 7.93. The van der Waals surface area contributed by atoms with Crippen molar-refractivity contribution in [3.8, 4) is 11.5 Å². The molecule has 1 aliphatic heterocycles. The SMILES string of the molecule is COCCN1C(=O)C(=O)/C(=C(\O)c2ccc(OC)c(Cl)c2)C1c1ccc(OCc2ccccc2)cc1. The van der Waals surface area contributed by atoms with E-state index in [1.165, 1.54) is 25.2 Å². The number of amides is 1. The van der Waals surface area contributed by atoms with Gasteiger partial charge in [-0.15, -0.1) is 0 Å². The van der Waals surface area contributed by atoms with Crippen LogP contribution in [0.3, 0.4) is 0 Å². The fraction of sp³-hybridized carbons (Fsp3) is 0.214. The largest absolute Gasteiger partial charge is 0.507 e. The van der Waals surface area contributed by atoms with Gasteiger partial charge in [0.2, 0.25) is 0 Å². The average Bonchev–Trinajstić information content (AvgIpc) is 3.16. The molecule has 3 aromatic rings. The van der Waals surface area contributed by atoms with E-state index in [4.69, 9.17) is 25.8 Å². The maximum atomic E-state index is 13.1. The van der Waals surface area contributed by atoms with Gasteiger partial charge in [-0.1, -0.05) is 54.1 Å². The molecule has 36 heavy (non-hydrogen) atoms. The van der Waals surface area contributed by atoms with Gasteiger partial charge in [0.15, 0.2) is 0 Å². The Bertz CT molecular complexity index is 1270. The van der Waals surface area contributed by atoms with Crippen LogP contribution in [0, 0.1) is 0 Å². The average molecular weight is 508 g/mol. The van der Waals surface area contributed by atoms with Gasteiger partial charge in [-0.3, -0.25) is 9.59 Å². The minimum absolute atomic E-state index is 0.0182. The molecule has 0 aromatic heterocycles. The molecule has 1 atom stereocenters. The standard InChI is InChI=1S/C28H26ClNO6/c1-34-15-14-30-25(19-8-11-21(12-9-19)36-17-18-6-4-3-5-7-18)24(27(32)28(30)33)26(31)20-10-13-23(35-2)22(29)16-20/h3-13,16,25,31H,14-15,17H2,1-2H3/b26-24-. The van der Waals surface area contributed by atoms with Crippen molar-refractivity contribution in [2.24, 2.45) is 0 Å². The second-order valence-corrected chi connectivity index (χ2v) is 8.59. The Morgan fingerprint density at radius 3 is 2.36 bits per heavy atom. The third-order valence-corrected chi connectivity index (χ3v) is 6.24. The summed E-state index contributed by atoms with van der Waals surface area (Å²) in [7, 11) is 3.00. The molecule has 4 rings (SSSR count). The highest BCUT2D eigenvalue weighted by Crippen LogP contribution is 2.40. The molecule has 0 spiro atoms. The highest BCUT2D eigenvalue weighted by atomic mass is 35.5. The van der Waals surface area contributed by atoms with Crippen LogP contribution in [0.15, 0.2) is 78.4 Å². The Morgan fingerprint density at radius 1 is 1.00 bits per heavy atom. The number of nitrogens with zero attached hydrogens (tertiary/aromatic N) is 1. The first-order valence-electron chi connectivity index (χ1n) is 11.3. The smallest absolute Gasteiger partial charge is 0.295 e. The number of Topliss-reactive ketones (excluding diaryl/α,β-unsaturated/α-hetero) is 1. The molecular weight excluding hydrogens is 482 g/mol. The van der Waals surface area contributed by atoms with Crippen molar-refractivity contribution in [1.82, 2.24) is 4.90 Å². The molecule has 0 bridgehead atoms. The molecule has 7 nitrogen and oxygen atoms in total. The van der Waals surface area contributed by atoms with Gasteiger partial charge in [0.1, 0.15) is 23.9 Å². The summed E-state index contributed by atoms with van der Waals surface area (Å²) in [6.07, 6.45) is 0. The molecule has 1 N–H and O–H groups in total. The quantitative estimate of drug-likeness (QED) is 0.249. The molecule has 1 aliphatic rings. The lowest BCUT2D eigenvalue weighted by Gasteiger charge is -2.25. The number of methoxy groups -OCH3 is 2. The van der Waals surface area contributed by atoms with Crippen molar-refractivity contribution in [3.05, 3.63) is 100 Å². The molecule has 1 heterocycles. The zero-order valence-corrected chi connectivity index (χ0v) is 20.7. The Balaban J connectivity index is 1.69. The summed E-state index contributed by atoms with van der Waals surface area (Å²) < 4.78 is 16.2. The van der Waals surface area contributed by atoms with E-state index >= 15 is 0 Å². The van der Waals surface area contributed by atoms with Gasteiger partial charge in [0.25, 0.3) is 11.7 Å². The van der Waals surface area contributed by atoms with Gasteiger partial charge in [-0.05, 0) is 41.5 Å². The Labute approximate surface area is 214 Å². The minimum Gasteiger partial charge on any atom is -0.507 e. The van der Waals surface area contributed by atoms with Crippen LogP contribution in [-0.2, 0) is 20.9 Å². The van der Waals surface area contributed by atoms with Gasteiger partial charge >= 0.3 is 0 Å². The maximum Gasteiger partial charge on any atom is 0.295 e. The predicted molar refractivity (Wildman–Crippen MR) is 136 cm³/mol. The number of aliphatic hydroxyl groups is 1. The lowest BCUT2D eigenvalue weighted by atomic mass is 9.95. The zero-order valence-electron chi connectivity index (χ0n) is 19.9. The number of hydrogen-bond acceptors (Lipinski definition) is 6. The highest BCUT2D eigenvalue weighted by Gasteiger charge is 2.45. The van der Waals surface area contributed by atoms with Gasteiger partial charge in [-0.25, -0.2) is 0 Å².